The first-order valence-electron chi connectivity index (χ1n) is 5.22. The van der Waals surface area contributed by atoms with E-state index >= 15 is 0 Å². The molecular weight excluding hydrogens is 238 g/mol. The fraction of sp³-hybridized carbons (Fsp3) is 0.250. The summed E-state index contributed by atoms with van der Waals surface area (Å²) < 4.78 is 5.13. The van der Waals surface area contributed by atoms with Gasteiger partial charge in [-0.1, -0.05) is 0 Å². The molecule has 2 aromatic rings. The number of hydrogen-bond acceptors (Lipinski definition) is 4. The first-order valence-corrected chi connectivity index (χ1v) is 6.03. The summed E-state index contributed by atoms with van der Waals surface area (Å²) in [5.74, 6) is -0.329. The molecule has 0 saturated heterocycles. The number of aryl methyl sites for hydroxylation is 1. The Kier molecular flexibility index (Phi) is 3.61. The van der Waals surface area contributed by atoms with Gasteiger partial charge in [-0.3, -0.25) is 0 Å². The van der Waals surface area contributed by atoms with E-state index in [2.05, 4.69) is 24.4 Å². The Labute approximate surface area is 103 Å². The van der Waals surface area contributed by atoms with E-state index in [-0.39, 0.29) is 5.56 Å². The van der Waals surface area contributed by atoms with Crippen molar-refractivity contribution in [3.05, 3.63) is 45.5 Å². The Morgan fingerprint density at radius 1 is 1.47 bits per heavy atom. The molecule has 17 heavy (non-hydrogen) atoms. The zero-order valence-electron chi connectivity index (χ0n) is 9.40. The Bertz CT molecular complexity index is 515. The van der Waals surface area contributed by atoms with Crippen LogP contribution in [0.25, 0.3) is 0 Å². The monoisotopic (exact) mass is 251 g/mol. The third-order valence-electron chi connectivity index (χ3n) is 2.30. The van der Waals surface area contributed by atoms with Gasteiger partial charge in [0.25, 0.3) is 0 Å². The maximum absolute atomic E-state index is 10.6. The maximum Gasteiger partial charge on any atom is 0.338 e. The number of aromatic carboxylic acids is 1. The molecule has 5 heteroatoms. The van der Waals surface area contributed by atoms with Gasteiger partial charge >= 0.3 is 5.97 Å². The molecule has 2 N–H and O–H groups in total. The smallest absolute Gasteiger partial charge is 0.338 e. The van der Waals surface area contributed by atoms with Crippen molar-refractivity contribution in [2.45, 2.75) is 20.0 Å². The Balaban J connectivity index is 1.83. The van der Waals surface area contributed by atoms with Gasteiger partial charge in [0.15, 0.2) is 0 Å². The molecule has 0 aliphatic rings. The minimum Gasteiger partial charge on any atom is -0.478 e. The van der Waals surface area contributed by atoms with Gasteiger partial charge in [-0.2, -0.15) is 0 Å². The van der Waals surface area contributed by atoms with Crippen LogP contribution in [0.4, 0.5) is 0 Å². The molecule has 2 aromatic heterocycles. The quantitative estimate of drug-likeness (QED) is 0.857. The highest BCUT2D eigenvalue weighted by Crippen LogP contribution is 2.15. The number of thiophene rings is 1. The second kappa shape index (κ2) is 5.16. The summed E-state index contributed by atoms with van der Waals surface area (Å²) in [7, 11) is 0. The van der Waals surface area contributed by atoms with Crippen LogP contribution in [0.1, 0.15) is 25.9 Å². The van der Waals surface area contributed by atoms with E-state index in [1.54, 1.807) is 11.3 Å². The molecule has 0 amide bonds. The van der Waals surface area contributed by atoms with Crippen molar-refractivity contribution < 1.29 is 14.3 Å². The van der Waals surface area contributed by atoms with Crippen LogP contribution >= 0.6 is 11.3 Å². The summed E-state index contributed by atoms with van der Waals surface area (Å²) >= 11 is 1.75. The number of carboxylic acid groups (broad SMARTS) is 1. The lowest BCUT2D eigenvalue weighted by Crippen LogP contribution is -2.11. The number of nitrogens with one attached hydrogen (secondary N) is 1. The lowest BCUT2D eigenvalue weighted by Gasteiger charge is -1.99. The van der Waals surface area contributed by atoms with Crippen LogP contribution in [0, 0.1) is 6.92 Å². The van der Waals surface area contributed by atoms with Crippen molar-refractivity contribution >= 4 is 17.3 Å². The summed E-state index contributed by atoms with van der Waals surface area (Å²) in [5.41, 5.74) is 0.189. The van der Waals surface area contributed by atoms with Crippen molar-refractivity contribution in [3.8, 4) is 0 Å². The highest BCUT2D eigenvalue weighted by atomic mass is 32.1. The molecule has 0 aliphatic heterocycles. The summed E-state index contributed by atoms with van der Waals surface area (Å²) in [6, 6.07) is 5.70. The second-order valence-electron chi connectivity index (χ2n) is 3.72. The molecule has 2 rings (SSSR count). The third kappa shape index (κ3) is 3.18. The number of carboxylic acids is 1. The minimum absolute atomic E-state index is 0.189. The van der Waals surface area contributed by atoms with Crippen LogP contribution in [0.3, 0.4) is 0 Å². The van der Waals surface area contributed by atoms with E-state index in [1.807, 2.05) is 0 Å². The SMILES string of the molecule is Cc1ccc(CNCc2cc(C(=O)O)co2)s1. The molecular formula is C12H13NO3S. The number of rotatable bonds is 5. The van der Waals surface area contributed by atoms with Crippen molar-refractivity contribution in [1.82, 2.24) is 5.32 Å². The molecule has 0 aliphatic carbocycles. The van der Waals surface area contributed by atoms with Crippen LogP contribution in [0.2, 0.25) is 0 Å². The van der Waals surface area contributed by atoms with Gasteiger partial charge in [-0.25, -0.2) is 4.79 Å². The van der Waals surface area contributed by atoms with Crippen molar-refractivity contribution in [3.63, 3.8) is 0 Å². The molecule has 0 bridgehead atoms. The molecule has 0 aromatic carbocycles. The lowest BCUT2D eigenvalue weighted by atomic mass is 10.3. The van der Waals surface area contributed by atoms with E-state index in [1.165, 1.54) is 22.1 Å². The normalized spacial score (nSPS) is 10.6. The minimum atomic E-state index is -0.964. The average Bonchev–Trinajstić information content (AvgIpc) is 2.88. The topological polar surface area (TPSA) is 62.5 Å². The molecule has 2 heterocycles. The molecule has 0 saturated carbocycles. The Hall–Kier alpha value is -1.59. The molecule has 4 nitrogen and oxygen atoms in total. The lowest BCUT2D eigenvalue weighted by molar-refractivity contribution is 0.0696. The van der Waals surface area contributed by atoms with E-state index in [4.69, 9.17) is 9.52 Å². The number of hydrogen-bond donors (Lipinski definition) is 2. The number of furan rings is 1. The van der Waals surface area contributed by atoms with Gasteiger partial charge in [-0.15, -0.1) is 11.3 Å². The first-order chi connectivity index (χ1) is 8.15. The van der Waals surface area contributed by atoms with Crippen LogP contribution < -0.4 is 5.32 Å². The molecule has 0 unspecified atom stereocenters. The number of carbonyl (C=O) groups is 1. The molecule has 90 valence electrons. The predicted octanol–water partition coefficient (Wildman–Crippen LogP) is 2.64. The van der Waals surface area contributed by atoms with E-state index in [0.29, 0.717) is 12.3 Å². The van der Waals surface area contributed by atoms with E-state index in [0.717, 1.165) is 6.54 Å². The standard InChI is InChI=1S/C12H13NO3S/c1-8-2-3-11(17-8)6-13-5-10-4-9(7-16-10)12(14)15/h2-4,7,13H,5-6H2,1H3,(H,14,15). The van der Waals surface area contributed by atoms with Crippen molar-refractivity contribution in [1.29, 1.82) is 0 Å². The summed E-state index contributed by atoms with van der Waals surface area (Å²) in [5, 5.41) is 11.9. The molecule has 0 atom stereocenters. The third-order valence-corrected chi connectivity index (χ3v) is 3.30. The van der Waals surface area contributed by atoms with Gasteiger partial charge in [0.05, 0.1) is 12.1 Å². The van der Waals surface area contributed by atoms with Crippen molar-refractivity contribution in [2.75, 3.05) is 0 Å². The second-order valence-corrected chi connectivity index (χ2v) is 5.10. The van der Waals surface area contributed by atoms with E-state index < -0.39 is 5.97 Å². The van der Waals surface area contributed by atoms with Crippen LogP contribution in [0.5, 0.6) is 0 Å². The highest BCUT2D eigenvalue weighted by Gasteiger charge is 2.07. The van der Waals surface area contributed by atoms with Gasteiger partial charge in [-0.05, 0) is 25.1 Å². The van der Waals surface area contributed by atoms with Gasteiger partial charge < -0.3 is 14.8 Å². The molecule has 0 radical (unpaired) electrons. The summed E-state index contributed by atoms with van der Waals surface area (Å²) in [6.07, 6.45) is 1.26. The highest BCUT2D eigenvalue weighted by molar-refractivity contribution is 7.11. The Morgan fingerprint density at radius 2 is 2.29 bits per heavy atom. The van der Waals surface area contributed by atoms with Gasteiger partial charge in [0.1, 0.15) is 12.0 Å². The fourth-order valence-electron chi connectivity index (χ4n) is 1.47. The largest absolute Gasteiger partial charge is 0.478 e. The molecule has 0 spiro atoms. The van der Waals surface area contributed by atoms with Crippen LogP contribution in [-0.2, 0) is 13.1 Å². The van der Waals surface area contributed by atoms with Crippen molar-refractivity contribution in [2.24, 2.45) is 0 Å². The average molecular weight is 251 g/mol. The van der Waals surface area contributed by atoms with Crippen LogP contribution in [-0.4, -0.2) is 11.1 Å². The predicted molar refractivity (Wildman–Crippen MR) is 65.3 cm³/mol. The van der Waals surface area contributed by atoms with Gasteiger partial charge in [0, 0.05) is 16.3 Å². The first kappa shape index (κ1) is 11.9. The molecule has 0 fully saturated rings. The summed E-state index contributed by atoms with van der Waals surface area (Å²) in [4.78, 5) is 13.2. The van der Waals surface area contributed by atoms with Gasteiger partial charge in [0.2, 0.25) is 0 Å². The fourth-order valence-corrected chi connectivity index (χ4v) is 2.33. The summed E-state index contributed by atoms with van der Waals surface area (Å²) in [6.45, 7) is 3.37. The zero-order valence-corrected chi connectivity index (χ0v) is 10.2. The van der Waals surface area contributed by atoms with E-state index in [9.17, 15) is 4.79 Å². The van der Waals surface area contributed by atoms with Crippen LogP contribution in [0.15, 0.2) is 28.9 Å². The Morgan fingerprint density at radius 3 is 2.88 bits per heavy atom. The maximum atomic E-state index is 10.6. The zero-order chi connectivity index (χ0) is 12.3.